The smallest absolute Gasteiger partial charge is 0.254 e. The molecule has 1 atom stereocenters. The Kier molecular flexibility index (Phi) is 3.60. The molecule has 1 unspecified atom stereocenters. The summed E-state index contributed by atoms with van der Waals surface area (Å²) in [4.78, 5) is 14.9. The van der Waals surface area contributed by atoms with Crippen molar-refractivity contribution in [3.05, 3.63) is 59.7 Å². The maximum Gasteiger partial charge on any atom is 0.254 e. The Bertz CT molecular complexity index is 856. The van der Waals surface area contributed by atoms with Crippen LogP contribution in [0.5, 0.6) is 0 Å². The number of carbonyl (C=O) groups excluding carboxylic acids is 1. The lowest BCUT2D eigenvalue weighted by molar-refractivity contribution is 0.0730. The van der Waals surface area contributed by atoms with E-state index >= 15 is 0 Å². The van der Waals surface area contributed by atoms with Crippen LogP contribution in [0, 0.1) is 6.92 Å². The summed E-state index contributed by atoms with van der Waals surface area (Å²) in [7, 11) is 0. The SMILES string of the molecule is Cc1nonc1C1CCCN1C(=O)c1cccc(-n2cccn2)c1. The van der Waals surface area contributed by atoms with Gasteiger partial charge in [-0.25, -0.2) is 9.31 Å². The summed E-state index contributed by atoms with van der Waals surface area (Å²) in [6.07, 6.45) is 5.39. The lowest BCUT2D eigenvalue weighted by Gasteiger charge is -2.23. The Hall–Kier alpha value is -2.96. The van der Waals surface area contributed by atoms with E-state index in [1.54, 1.807) is 10.9 Å². The molecule has 1 saturated heterocycles. The van der Waals surface area contributed by atoms with E-state index in [9.17, 15) is 4.79 Å². The number of nitrogens with zero attached hydrogens (tertiary/aromatic N) is 5. The fraction of sp³-hybridized carbons (Fsp3) is 0.294. The molecule has 122 valence electrons. The molecule has 0 aliphatic carbocycles. The first-order valence-corrected chi connectivity index (χ1v) is 7.94. The van der Waals surface area contributed by atoms with Crippen LogP contribution in [0.15, 0.2) is 47.4 Å². The van der Waals surface area contributed by atoms with E-state index in [0.717, 1.165) is 29.9 Å². The third-order valence-electron chi connectivity index (χ3n) is 4.38. The van der Waals surface area contributed by atoms with Crippen molar-refractivity contribution in [1.29, 1.82) is 0 Å². The molecule has 1 amide bonds. The second-order valence-corrected chi connectivity index (χ2v) is 5.89. The van der Waals surface area contributed by atoms with Crippen LogP contribution in [0.4, 0.5) is 0 Å². The molecule has 3 heterocycles. The molecular formula is C17H17N5O2. The average molecular weight is 323 g/mol. The normalized spacial score (nSPS) is 17.4. The largest absolute Gasteiger partial charge is 0.330 e. The second kappa shape index (κ2) is 5.92. The molecular weight excluding hydrogens is 306 g/mol. The number of aryl methyl sites for hydroxylation is 1. The third-order valence-corrected chi connectivity index (χ3v) is 4.38. The van der Waals surface area contributed by atoms with Crippen LogP contribution in [0.25, 0.3) is 5.69 Å². The number of likely N-dealkylation sites (tertiary alicyclic amines) is 1. The molecule has 1 aliphatic heterocycles. The van der Waals surface area contributed by atoms with Gasteiger partial charge in [-0.05, 0) is 44.0 Å². The summed E-state index contributed by atoms with van der Waals surface area (Å²) in [5, 5.41) is 12.0. The van der Waals surface area contributed by atoms with Crippen LogP contribution in [0.1, 0.15) is 40.6 Å². The number of rotatable bonds is 3. The summed E-state index contributed by atoms with van der Waals surface area (Å²) in [5.74, 6) is -0.00564. The molecule has 0 bridgehead atoms. The molecule has 1 aliphatic rings. The molecule has 0 spiro atoms. The number of benzene rings is 1. The van der Waals surface area contributed by atoms with Crippen molar-refractivity contribution < 1.29 is 9.42 Å². The molecule has 0 saturated carbocycles. The highest BCUT2D eigenvalue weighted by Crippen LogP contribution is 2.33. The zero-order chi connectivity index (χ0) is 16.5. The Morgan fingerprint density at radius 2 is 2.21 bits per heavy atom. The minimum Gasteiger partial charge on any atom is -0.330 e. The van der Waals surface area contributed by atoms with Crippen LogP contribution >= 0.6 is 0 Å². The summed E-state index contributed by atoms with van der Waals surface area (Å²) in [6, 6.07) is 9.27. The van der Waals surface area contributed by atoms with Gasteiger partial charge in [-0.3, -0.25) is 4.79 Å². The Balaban J connectivity index is 1.64. The van der Waals surface area contributed by atoms with Gasteiger partial charge < -0.3 is 4.90 Å². The van der Waals surface area contributed by atoms with Crippen molar-refractivity contribution in [1.82, 2.24) is 25.0 Å². The van der Waals surface area contributed by atoms with E-state index in [2.05, 4.69) is 15.4 Å². The van der Waals surface area contributed by atoms with Crippen LogP contribution in [-0.2, 0) is 0 Å². The summed E-state index contributed by atoms with van der Waals surface area (Å²) < 4.78 is 6.55. The molecule has 7 nitrogen and oxygen atoms in total. The predicted octanol–water partition coefficient (Wildman–Crippen LogP) is 2.54. The van der Waals surface area contributed by atoms with E-state index in [-0.39, 0.29) is 11.9 Å². The summed E-state index contributed by atoms with van der Waals surface area (Å²) in [5.41, 5.74) is 3.00. The minimum absolute atomic E-state index is 0.00564. The van der Waals surface area contributed by atoms with Gasteiger partial charge in [0.05, 0.1) is 11.7 Å². The predicted molar refractivity (Wildman–Crippen MR) is 85.6 cm³/mol. The number of hydrogen-bond donors (Lipinski definition) is 0. The molecule has 24 heavy (non-hydrogen) atoms. The van der Waals surface area contributed by atoms with Crippen molar-refractivity contribution in [2.45, 2.75) is 25.8 Å². The molecule has 1 aromatic carbocycles. The maximum atomic E-state index is 13.0. The number of amides is 1. The lowest BCUT2D eigenvalue weighted by Crippen LogP contribution is -2.31. The molecule has 4 rings (SSSR count). The van der Waals surface area contributed by atoms with Gasteiger partial charge in [0.25, 0.3) is 5.91 Å². The van der Waals surface area contributed by atoms with E-state index in [1.807, 2.05) is 48.4 Å². The first-order valence-electron chi connectivity index (χ1n) is 7.94. The number of aromatic nitrogens is 4. The van der Waals surface area contributed by atoms with Gasteiger partial charge in [-0.1, -0.05) is 16.4 Å². The highest BCUT2D eigenvalue weighted by molar-refractivity contribution is 5.95. The Morgan fingerprint density at radius 1 is 1.29 bits per heavy atom. The topological polar surface area (TPSA) is 77.0 Å². The quantitative estimate of drug-likeness (QED) is 0.740. The van der Waals surface area contributed by atoms with Gasteiger partial charge in [0.15, 0.2) is 0 Å². The Labute approximate surface area is 138 Å². The van der Waals surface area contributed by atoms with E-state index in [1.165, 1.54) is 0 Å². The molecule has 2 aromatic heterocycles. The third kappa shape index (κ3) is 2.47. The molecule has 7 heteroatoms. The standard InChI is InChI=1S/C17H17N5O2/c1-12-16(20-24-19-12)15-7-3-9-21(15)17(23)13-5-2-6-14(11-13)22-10-4-8-18-22/h2,4-6,8,10-11,15H,3,7,9H2,1H3. The van der Waals surface area contributed by atoms with E-state index in [0.29, 0.717) is 12.1 Å². The van der Waals surface area contributed by atoms with Gasteiger partial charge >= 0.3 is 0 Å². The van der Waals surface area contributed by atoms with Gasteiger partial charge in [0.1, 0.15) is 11.4 Å². The summed E-state index contributed by atoms with van der Waals surface area (Å²) >= 11 is 0. The monoisotopic (exact) mass is 323 g/mol. The fourth-order valence-corrected chi connectivity index (χ4v) is 3.20. The van der Waals surface area contributed by atoms with E-state index < -0.39 is 0 Å². The van der Waals surface area contributed by atoms with Gasteiger partial charge in [0.2, 0.25) is 0 Å². The van der Waals surface area contributed by atoms with Crippen LogP contribution in [0.2, 0.25) is 0 Å². The highest BCUT2D eigenvalue weighted by atomic mass is 16.6. The zero-order valence-corrected chi connectivity index (χ0v) is 13.3. The Morgan fingerprint density at radius 3 is 2.96 bits per heavy atom. The van der Waals surface area contributed by atoms with Crippen LogP contribution in [0.3, 0.4) is 0 Å². The van der Waals surface area contributed by atoms with Crippen molar-refractivity contribution >= 4 is 5.91 Å². The number of hydrogen-bond acceptors (Lipinski definition) is 5. The first-order chi connectivity index (χ1) is 11.7. The zero-order valence-electron chi connectivity index (χ0n) is 13.3. The highest BCUT2D eigenvalue weighted by Gasteiger charge is 2.34. The van der Waals surface area contributed by atoms with Gasteiger partial charge in [-0.15, -0.1) is 0 Å². The minimum atomic E-state index is -0.0721. The van der Waals surface area contributed by atoms with Gasteiger partial charge in [0, 0.05) is 24.5 Å². The molecule has 0 N–H and O–H groups in total. The second-order valence-electron chi connectivity index (χ2n) is 5.89. The fourth-order valence-electron chi connectivity index (χ4n) is 3.20. The van der Waals surface area contributed by atoms with Crippen LogP contribution in [-0.4, -0.2) is 37.4 Å². The van der Waals surface area contributed by atoms with Crippen molar-refractivity contribution in [2.24, 2.45) is 0 Å². The number of carbonyl (C=O) groups is 1. The van der Waals surface area contributed by atoms with Crippen molar-refractivity contribution in [2.75, 3.05) is 6.54 Å². The maximum absolute atomic E-state index is 13.0. The van der Waals surface area contributed by atoms with E-state index in [4.69, 9.17) is 4.63 Å². The van der Waals surface area contributed by atoms with Crippen molar-refractivity contribution in [3.8, 4) is 5.69 Å². The van der Waals surface area contributed by atoms with Crippen LogP contribution < -0.4 is 0 Å². The summed E-state index contributed by atoms with van der Waals surface area (Å²) in [6.45, 7) is 2.56. The first kappa shape index (κ1) is 14.6. The van der Waals surface area contributed by atoms with Crippen molar-refractivity contribution in [3.63, 3.8) is 0 Å². The average Bonchev–Trinajstić information content (AvgIpc) is 3.35. The molecule has 0 radical (unpaired) electrons. The lowest BCUT2D eigenvalue weighted by atomic mass is 10.1. The van der Waals surface area contributed by atoms with Gasteiger partial charge in [-0.2, -0.15) is 5.10 Å². The molecule has 3 aromatic rings. The molecule has 1 fully saturated rings.